The third-order valence-electron chi connectivity index (χ3n) is 4.04. The van der Waals surface area contributed by atoms with E-state index in [1.807, 2.05) is 11.6 Å². The Morgan fingerprint density at radius 1 is 1.36 bits per heavy atom. The Kier molecular flexibility index (Phi) is 5.22. The van der Waals surface area contributed by atoms with Crippen molar-refractivity contribution in [2.24, 2.45) is 7.05 Å². The number of aromatic nitrogens is 4. The van der Waals surface area contributed by atoms with Crippen molar-refractivity contribution in [3.63, 3.8) is 0 Å². The topological polar surface area (TPSA) is 88.4 Å². The van der Waals surface area contributed by atoms with Gasteiger partial charge < -0.3 is 24.4 Å². The third-order valence-corrected chi connectivity index (χ3v) is 4.31. The van der Waals surface area contributed by atoms with Crippen LogP contribution >= 0.6 is 11.6 Å². The summed E-state index contributed by atoms with van der Waals surface area (Å²) < 4.78 is 6.89. The van der Waals surface area contributed by atoms with Crippen LogP contribution in [-0.2, 0) is 13.6 Å². The Bertz CT molecular complexity index is 743. The van der Waals surface area contributed by atoms with E-state index in [0.29, 0.717) is 30.5 Å². The SMILES string of the molecule is COc1ncc(CNC(=O)N2CCN(c3nncn3C)CC2)cc1Cl. The average molecular weight is 366 g/mol. The van der Waals surface area contributed by atoms with Gasteiger partial charge in [0.1, 0.15) is 11.3 Å². The number of hydrogen-bond acceptors (Lipinski definition) is 6. The van der Waals surface area contributed by atoms with Crippen LogP contribution in [0, 0.1) is 0 Å². The van der Waals surface area contributed by atoms with Gasteiger partial charge in [-0.1, -0.05) is 11.6 Å². The van der Waals surface area contributed by atoms with Crippen LogP contribution in [0.2, 0.25) is 5.02 Å². The second-order valence-corrected chi connectivity index (χ2v) is 6.12. The van der Waals surface area contributed by atoms with Gasteiger partial charge in [-0.25, -0.2) is 9.78 Å². The van der Waals surface area contributed by atoms with E-state index in [9.17, 15) is 4.79 Å². The molecule has 3 heterocycles. The summed E-state index contributed by atoms with van der Waals surface area (Å²) in [5.74, 6) is 1.19. The molecule has 1 N–H and O–H groups in total. The molecular weight excluding hydrogens is 346 g/mol. The monoisotopic (exact) mass is 365 g/mol. The van der Waals surface area contributed by atoms with Crippen molar-refractivity contribution in [3.8, 4) is 5.88 Å². The molecule has 0 bridgehead atoms. The third kappa shape index (κ3) is 3.93. The quantitative estimate of drug-likeness (QED) is 0.866. The van der Waals surface area contributed by atoms with E-state index in [4.69, 9.17) is 16.3 Å². The molecule has 2 aromatic rings. The fourth-order valence-electron chi connectivity index (χ4n) is 2.67. The molecule has 9 nitrogen and oxygen atoms in total. The molecule has 1 fully saturated rings. The summed E-state index contributed by atoms with van der Waals surface area (Å²) in [7, 11) is 3.42. The van der Waals surface area contributed by atoms with Gasteiger partial charge in [-0.05, 0) is 11.6 Å². The highest BCUT2D eigenvalue weighted by molar-refractivity contribution is 6.31. The number of urea groups is 1. The maximum absolute atomic E-state index is 12.3. The molecule has 1 saturated heterocycles. The van der Waals surface area contributed by atoms with Crippen LogP contribution in [0.3, 0.4) is 0 Å². The lowest BCUT2D eigenvalue weighted by Gasteiger charge is -2.34. The van der Waals surface area contributed by atoms with E-state index >= 15 is 0 Å². The number of nitrogens with one attached hydrogen (secondary N) is 1. The zero-order valence-corrected chi connectivity index (χ0v) is 14.9. The first-order chi connectivity index (χ1) is 12.1. The lowest BCUT2D eigenvalue weighted by molar-refractivity contribution is 0.193. The number of nitrogens with zero attached hydrogens (tertiary/aromatic N) is 6. The van der Waals surface area contributed by atoms with Crippen LogP contribution in [0.5, 0.6) is 5.88 Å². The molecule has 0 aromatic carbocycles. The van der Waals surface area contributed by atoms with Crippen LogP contribution in [-0.4, -0.2) is 64.0 Å². The number of piperazine rings is 1. The number of pyridine rings is 1. The number of carbonyl (C=O) groups excluding carboxylic acids is 1. The Balaban J connectivity index is 1.50. The van der Waals surface area contributed by atoms with Crippen molar-refractivity contribution < 1.29 is 9.53 Å². The Labute approximate surface area is 150 Å². The molecule has 0 unspecified atom stereocenters. The molecule has 0 radical (unpaired) electrons. The van der Waals surface area contributed by atoms with Gasteiger partial charge in [0.25, 0.3) is 0 Å². The van der Waals surface area contributed by atoms with Crippen LogP contribution in [0.1, 0.15) is 5.56 Å². The smallest absolute Gasteiger partial charge is 0.317 e. The molecule has 3 rings (SSSR count). The number of amides is 2. The van der Waals surface area contributed by atoms with Gasteiger partial charge >= 0.3 is 6.03 Å². The van der Waals surface area contributed by atoms with E-state index in [-0.39, 0.29) is 6.03 Å². The second kappa shape index (κ2) is 7.56. The normalized spacial score (nSPS) is 14.5. The van der Waals surface area contributed by atoms with Crippen molar-refractivity contribution in [1.82, 2.24) is 30.0 Å². The van der Waals surface area contributed by atoms with Gasteiger partial charge in [0.05, 0.1) is 7.11 Å². The minimum Gasteiger partial charge on any atom is -0.480 e. The molecular formula is C15H20ClN7O2. The number of methoxy groups -OCH3 is 1. The first-order valence-electron chi connectivity index (χ1n) is 7.88. The predicted octanol–water partition coefficient (Wildman–Crippen LogP) is 0.904. The van der Waals surface area contributed by atoms with Gasteiger partial charge in [0.2, 0.25) is 11.8 Å². The lowest BCUT2D eigenvalue weighted by atomic mass is 10.3. The van der Waals surface area contributed by atoms with Crippen LogP contribution in [0.15, 0.2) is 18.6 Å². The number of aryl methyl sites for hydroxylation is 1. The van der Waals surface area contributed by atoms with Crippen molar-refractivity contribution in [2.45, 2.75) is 6.54 Å². The highest BCUT2D eigenvalue weighted by Crippen LogP contribution is 2.21. The summed E-state index contributed by atoms with van der Waals surface area (Å²) >= 11 is 6.04. The minimum atomic E-state index is -0.107. The van der Waals surface area contributed by atoms with Crippen molar-refractivity contribution in [3.05, 3.63) is 29.2 Å². The van der Waals surface area contributed by atoms with E-state index in [1.165, 1.54) is 7.11 Å². The predicted molar refractivity (Wildman–Crippen MR) is 92.8 cm³/mol. The van der Waals surface area contributed by atoms with Crippen LogP contribution in [0.25, 0.3) is 0 Å². The number of anilines is 1. The zero-order chi connectivity index (χ0) is 17.8. The van der Waals surface area contributed by atoms with Crippen molar-refractivity contribution in [2.75, 3.05) is 38.2 Å². The summed E-state index contributed by atoms with van der Waals surface area (Å²) in [6, 6.07) is 1.63. The molecule has 25 heavy (non-hydrogen) atoms. The van der Waals surface area contributed by atoms with Crippen LogP contribution in [0.4, 0.5) is 10.7 Å². The number of hydrogen-bond donors (Lipinski definition) is 1. The molecule has 2 aromatic heterocycles. The summed E-state index contributed by atoms with van der Waals surface area (Å²) in [6.45, 7) is 3.05. The van der Waals surface area contributed by atoms with E-state index in [1.54, 1.807) is 23.5 Å². The molecule has 1 aliphatic rings. The molecule has 2 amide bonds. The van der Waals surface area contributed by atoms with Gasteiger partial charge in [-0.15, -0.1) is 10.2 Å². The number of ether oxygens (including phenoxy) is 1. The first-order valence-corrected chi connectivity index (χ1v) is 8.26. The van der Waals surface area contributed by atoms with E-state index in [2.05, 4.69) is 25.4 Å². The van der Waals surface area contributed by atoms with Crippen molar-refractivity contribution in [1.29, 1.82) is 0 Å². The molecule has 0 atom stereocenters. The maximum Gasteiger partial charge on any atom is 0.317 e. The van der Waals surface area contributed by atoms with E-state index < -0.39 is 0 Å². The molecule has 10 heteroatoms. The average Bonchev–Trinajstić information content (AvgIpc) is 3.06. The number of halogens is 1. The highest BCUT2D eigenvalue weighted by atomic mass is 35.5. The molecule has 0 aliphatic carbocycles. The molecule has 0 spiro atoms. The summed E-state index contributed by atoms with van der Waals surface area (Å²) in [6.07, 6.45) is 3.31. The Hall–Kier alpha value is -2.55. The van der Waals surface area contributed by atoms with E-state index in [0.717, 1.165) is 24.6 Å². The Morgan fingerprint density at radius 2 is 2.12 bits per heavy atom. The minimum absolute atomic E-state index is 0.107. The summed E-state index contributed by atoms with van der Waals surface area (Å²) in [5.41, 5.74) is 0.817. The fourth-order valence-corrected chi connectivity index (χ4v) is 2.94. The van der Waals surface area contributed by atoms with Gasteiger partial charge in [-0.2, -0.15) is 0 Å². The second-order valence-electron chi connectivity index (χ2n) is 5.71. The first kappa shape index (κ1) is 17.3. The molecule has 0 saturated carbocycles. The molecule has 134 valence electrons. The van der Waals surface area contributed by atoms with Gasteiger partial charge in [0.15, 0.2) is 0 Å². The number of carbonyl (C=O) groups is 1. The van der Waals surface area contributed by atoms with Gasteiger partial charge in [0, 0.05) is 46.0 Å². The lowest BCUT2D eigenvalue weighted by Crippen LogP contribution is -2.52. The largest absolute Gasteiger partial charge is 0.480 e. The fraction of sp³-hybridized carbons (Fsp3) is 0.467. The van der Waals surface area contributed by atoms with Crippen LogP contribution < -0.4 is 15.0 Å². The van der Waals surface area contributed by atoms with Crippen molar-refractivity contribution >= 4 is 23.6 Å². The summed E-state index contributed by atoms with van der Waals surface area (Å²) in [4.78, 5) is 20.3. The van der Waals surface area contributed by atoms with Gasteiger partial charge in [-0.3, -0.25) is 0 Å². The zero-order valence-electron chi connectivity index (χ0n) is 14.1. The standard InChI is InChI=1S/C15H20ClN7O2/c1-21-10-19-20-14(21)22-3-5-23(6-4-22)15(24)18-9-11-7-12(16)13(25-2)17-8-11/h7-8,10H,3-6,9H2,1-2H3,(H,18,24). The Morgan fingerprint density at radius 3 is 2.72 bits per heavy atom. The highest BCUT2D eigenvalue weighted by Gasteiger charge is 2.23. The molecule has 1 aliphatic heterocycles. The maximum atomic E-state index is 12.3. The number of rotatable bonds is 4. The summed E-state index contributed by atoms with van der Waals surface area (Å²) in [5, 5.41) is 11.3.